The molecule has 2 aromatic rings. The molecule has 0 heterocycles. The van der Waals surface area contributed by atoms with E-state index in [2.05, 4.69) is 26.6 Å². The highest BCUT2D eigenvalue weighted by atomic mass is 79.9. The second-order valence-electron chi connectivity index (χ2n) is 5.68. The summed E-state index contributed by atoms with van der Waals surface area (Å²) in [5.74, 6) is 0.884. The summed E-state index contributed by atoms with van der Waals surface area (Å²) in [5, 5.41) is 5.85. The van der Waals surface area contributed by atoms with Crippen molar-refractivity contribution in [2.24, 2.45) is 0 Å². The van der Waals surface area contributed by atoms with E-state index in [4.69, 9.17) is 21.7 Å². The third-order valence-corrected chi connectivity index (χ3v) is 3.87. The minimum atomic E-state index is -0.346. The summed E-state index contributed by atoms with van der Waals surface area (Å²) in [6.07, 6.45) is 0.0745. The zero-order valence-corrected chi connectivity index (χ0v) is 17.2. The van der Waals surface area contributed by atoms with Crippen molar-refractivity contribution >= 4 is 44.9 Å². The first kappa shape index (κ1) is 20.2. The molecular formula is C19H21BrN2O3S. The lowest BCUT2D eigenvalue weighted by Gasteiger charge is -2.14. The van der Waals surface area contributed by atoms with Crippen LogP contribution in [0, 0.1) is 0 Å². The van der Waals surface area contributed by atoms with E-state index < -0.39 is 0 Å². The van der Waals surface area contributed by atoms with Gasteiger partial charge < -0.3 is 14.8 Å². The van der Waals surface area contributed by atoms with E-state index in [1.807, 2.05) is 51.1 Å². The first-order chi connectivity index (χ1) is 12.4. The average Bonchev–Trinajstić information content (AvgIpc) is 2.56. The van der Waals surface area contributed by atoms with Gasteiger partial charge in [-0.15, -0.1) is 0 Å². The standard InChI is InChI=1S/C19H21BrN2O3S/c1-4-24-17-9-8-13(20)10-16(17)18(23)22-19(26)21-14-6-5-7-15(11-14)25-12(2)3/h5-12H,4H2,1-3H3,(H2,21,22,23,26). The highest BCUT2D eigenvalue weighted by molar-refractivity contribution is 9.10. The molecule has 26 heavy (non-hydrogen) atoms. The molecule has 0 radical (unpaired) electrons. The van der Waals surface area contributed by atoms with Crippen molar-refractivity contribution in [1.82, 2.24) is 5.32 Å². The van der Waals surface area contributed by atoms with Crippen molar-refractivity contribution in [1.29, 1.82) is 0 Å². The first-order valence-electron chi connectivity index (χ1n) is 8.20. The minimum absolute atomic E-state index is 0.0745. The van der Waals surface area contributed by atoms with Gasteiger partial charge in [-0.05, 0) is 63.3 Å². The van der Waals surface area contributed by atoms with Gasteiger partial charge in [-0.3, -0.25) is 10.1 Å². The maximum absolute atomic E-state index is 12.5. The van der Waals surface area contributed by atoms with Gasteiger partial charge in [0.15, 0.2) is 5.11 Å². The molecule has 0 atom stereocenters. The zero-order chi connectivity index (χ0) is 19.1. The maximum Gasteiger partial charge on any atom is 0.261 e. The van der Waals surface area contributed by atoms with Crippen LogP contribution in [0.5, 0.6) is 11.5 Å². The van der Waals surface area contributed by atoms with Crippen LogP contribution >= 0.6 is 28.1 Å². The molecule has 0 spiro atoms. The summed E-state index contributed by atoms with van der Waals surface area (Å²) < 4.78 is 11.9. The molecule has 2 aromatic carbocycles. The molecule has 138 valence electrons. The Morgan fingerprint density at radius 1 is 1.23 bits per heavy atom. The number of halogens is 1. The van der Waals surface area contributed by atoms with E-state index in [-0.39, 0.29) is 17.1 Å². The average molecular weight is 437 g/mol. The Labute approximate surface area is 167 Å². The third kappa shape index (κ3) is 6.00. The van der Waals surface area contributed by atoms with Gasteiger partial charge in [-0.2, -0.15) is 0 Å². The number of amides is 1. The van der Waals surface area contributed by atoms with E-state index >= 15 is 0 Å². The van der Waals surface area contributed by atoms with E-state index in [1.165, 1.54) is 0 Å². The Bertz CT molecular complexity index is 796. The number of rotatable bonds is 6. The van der Waals surface area contributed by atoms with Crippen LogP contribution in [0.4, 0.5) is 5.69 Å². The zero-order valence-electron chi connectivity index (χ0n) is 14.8. The third-order valence-electron chi connectivity index (χ3n) is 3.18. The lowest BCUT2D eigenvalue weighted by molar-refractivity contribution is 0.0974. The van der Waals surface area contributed by atoms with E-state index in [1.54, 1.807) is 12.1 Å². The van der Waals surface area contributed by atoms with Crippen LogP contribution in [0.1, 0.15) is 31.1 Å². The van der Waals surface area contributed by atoms with Gasteiger partial charge >= 0.3 is 0 Å². The van der Waals surface area contributed by atoms with Crippen LogP contribution < -0.4 is 20.1 Å². The molecule has 0 aromatic heterocycles. The normalized spacial score (nSPS) is 10.3. The molecule has 0 unspecified atom stereocenters. The fourth-order valence-corrected chi connectivity index (χ4v) is 2.78. The molecule has 2 rings (SSSR count). The number of hydrogen-bond acceptors (Lipinski definition) is 4. The van der Waals surface area contributed by atoms with E-state index in [9.17, 15) is 4.79 Å². The summed E-state index contributed by atoms with van der Waals surface area (Å²) in [4.78, 5) is 12.5. The Kier molecular flexibility index (Phi) is 7.41. The number of anilines is 1. The Hall–Kier alpha value is -2.12. The minimum Gasteiger partial charge on any atom is -0.493 e. The summed E-state index contributed by atoms with van der Waals surface area (Å²) in [6.45, 7) is 6.24. The predicted octanol–water partition coefficient (Wildman–Crippen LogP) is 4.76. The number of thiocarbonyl (C=S) groups is 1. The molecule has 0 aliphatic rings. The molecule has 0 fully saturated rings. The summed E-state index contributed by atoms with van der Waals surface area (Å²) in [6, 6.07) is 12.6. The quantitative estimate of drug-likeness (QED) is 0.639. The largest absolute Gasteiger partial charge is 0.493 e. The number of benzene rings is 2. The van der Waals surface area contributed by atoms with Crippen molar-refractivity contribution in [3.63, 3.8) is 0 Å². The molecule has 7 heteroatoms. The van der Waals surface area contributed by atoms with Crippen LogP contribution in [0.15, 0.2) is 46.9 Å². The topological polar surface area (TPSA) is 59.6 Å². The van der Waals surface area contributed by atoms with Crippen LogP contribution in [0.25, 0.3) is 0 Å². The van der Waals surface area contributed by atoms with Gasteiger partial charge in [0.05, 0.1) is 18.3 Å². The lowest BCUT2D eigenvalue weighted by Crippen LogP contribution is -2.34. The number of carbonyl (C=O) groups is 1. The van der Waals surface area contributed by atoms with Gasteiger partial charge in [0.1, 0.15) is 11.5 Å². The van der Waals surface area contributed by atoms with Gasteiger partial charge in [-0.25, -0.2) is 0 Å². The first-order valence-corrected chi connectivity index (χ1v) is 9.40. The summed E-state index contributed by atoms with van der Waals surface area (Å²) in [7, 11) is 0. The molecule has 0 aliphatic carbocycles. The van der Waals surface area contributed by atoms with Crippen molar-refractivity contribution in [2.75, 3.05) is 11.9 Å². The molecule has 2 N–H and O–H groups in total. The Morgan fingerprint density at radius 3 is 2.69 bits per heavy atom. The molecule has 1 amide bonds. The highest BCUT2D eigenvalue weighted by Gasteiger charge is 2.15. The SMILES string of the molecule is CCOc1ccc(Br)cc1C(=O)NC(=S)Nc1cccc(OC(C)C)c1. The number of nitrogens with one attached hydrogen (secondary N) is 2. The number of hydrogen-bond donors (Lipinski definition) is 2. The van der Waals surface area contributed by atoms with Crippen molar-refractivity contribution in [3.05, 3.63) is 52.5 Å². The van der Waals surface area contributed by atoms with E-state index in [0.29, 0.717) is 17.9 Å². The second-order valence-corrected chi connectivity index (χ2v) is 7.00. The number of ether oxygens (including phenoxy) is 2. The van der Waals surface area contributed by atoms with Crippen LogP contribution in [-0.4, -0.2) is 23.7 Å². The van der Waals surface area contributed by atoms with Gasteiger partial charge in [0, 0.05) is 16.2 Å². The molecule has 5 nitrogen and oxygen atoms in total. The predicted molar refractivity (Wildman–Crippen MR) is 111 cm³/mol. The van der Waals surface area contributed by atoms with Gasteiger partial charge in [-0.1, -0.05) is 22.0 Å². The molecular weight excluding hydrogens is 416 g/mol. The maximum atomic E-state index is 12.5. The van der Waals surface area contributed by atoms with Crippen molar-refractivity contribution < 1.29 is 14.3 Å². The smallest absolute Gasteiger partial charge is 0.261 e. The summed E-state index contributed by atoms with van der Waals surface area (Å²) in [5.41, 5.74) is 1.13. The monoisotopic (exact) mass is 436 g/mol. The molecule has 0 aliphatic heterocycles. The van der Waals surface area contributed by atoms with Crippen LogP contribution in [0.2, 0.25) is 0 Å². The molecule has 0 bridgehead atoms. The van der Waals surface area contributed by atoms with Gasteiger partial charge in [0.2, 0.25) is 0 Å². The van der Waals surface area contributed by atoms with Crippen LogP contribution in [-0.2, 0) is 0 Å². The fourth-order valence-electron chi connectivity index (χ4n) is 2.21. The second kappa shape index (κ2) is 9.54. The molecule has 0 saturated heterocycles. The van der Waals surface area contributed by atoms with Gasteiger partial charge in [0.25, 0.3) is 5.91 Å². The molecule has 0 saturated carbocycles. The highest BCUT2D eigenvalue weighted by Crippen LogP contribution is 2.23. The lowest BCUT2D eigenvalue weighted by atomic mass is 10.2. The van der Waals surface area contributed by atoms with E-state index in [0.717, 1.165) is 15.9 Å². The summed E-state index contributed by atoms with van der Waals surface area (Å²) >= 11 is 8.61. The van der Waals surface area contributed by atoms with Crippen molar-refractivity contribution in [3.8, 4) is 11.5 Å². The fraction of sp³-hybridized carbons (Fsp3) is 0.263. The number of carbonyl (C=O) groups excluding carboxylic acids is 1. The van der Waals surface area contributed by atoms with Crippen molar-refractivity contribution in [2.45, 2.75) is 26.9 Å². The van der Waals surface area contributed by atoms with Crippen LogP contribution in [0.3, 0.4) is 0 Å². The Morgan fingerprint density at radius 2 is 2.00 bits per heavy atom. The Balaban J connectivity index is 2.06.